The van der Waals surface area contributed by atoms with E-state index < -0.39 is 28.0 Å². The second-order valence-electron chi connectivity index (χ2n) is 5.78. The molecule has 7 heteroatoms. The van der Waals surface area contributed by atoms with Crippen LogP contribution >= 0.6 is 0 Å². The van der Waals surface area contributed by atoms with Gasteiger partial charge in [-0.2, -0.15) is 0 Å². The van der Waals surface area contributed by atoms with Crippen LogP contribution in [-0.4, -0.2) is 31.8 Å². The highest BCUT2D eigenvalue weighted by molar-refractivity contribution is 7.92. The van der Waals surface area contributed by atoms with Gasteiger partial charge in [-0.05, 0) is 17.5 Å². The van der Waals surface area contributed by atoms with Crippen LogP contribution in [-0.2, 0) is 14.8 Å². The molecule has 0 radical (unpaired) electrons. The van der Waals surface area contributed by atoms with E-state index in [4.69, 9.17) is 10.8 Å². The molecule has 0 aliphatic carbocycles. The molecule has 0 saturated heterocycles. The number of anilines is 2. The van der Waals surface area contributed by atoms with Gasteiger partial charge in [0.1, 0.15) is 6.54 Å². The zero-order valence-electron chi connectivity index (χ0n) is 11.8. The van der Waals surface area contributed by atoms with Gasteiger partial charge in [-0.1, -0.05) is 32.9 Å². The van der Waals surface area contributed by atoms with Crippen LogP contribution in [0, 0.1) is 5.41 Å². The Morgan fingerprint density at radius 1 is 1.30 bits per heavy atom. The number of rotatable bonds is 5. The molecule has 0 fully saturated rings. The third kappa shape index (κ3) is 4.41. The lowest BCUT2D eigenvalue weighted by Crippen LogP contribution is -2.40. The van der Waals surface area contributed by atoms with Crippen LogP contribution < -0.4 is 10.0 Å². The van der Waals surface area contributed by atoms with Crippen molar-refractivity contribution in [3.63, 3.8) is 0 Å². The van der Waals surface area contributed by atoms with Crippen LogP contribution in [0.3, 0.4) is 0 Å². The van der Waals surface area contributed by atoms with E-state index >= 15 is 0 Å². The second kappa shape index (κ2) is 5.70. The number of carboxylic acids is 1. The molecule has 0 spiro atoms. The molecule has 20 heavy (non-hydrogen) atoms. The minimum atomic E-state index is -3.78. The van der Waals surface area contributed by atoms with Crippen molar-refractivity contribution in [2.45, 2.75) is 20.8 Å². The molecule has 1 aromatic carbocycles. The van der Waals surface area contributed by atoms with Gasteiger partial charge in [0.15, 0.2) is 0 Å². The lowest BCUT2D eigenvalue weighted by molar-refractivity contribution is -0.135. The largest absolute Gasteiger partial charge is 0.480 e. The fourth-order valence-corrected chi connectivity index (χ4v) is 3.82. The minimum Gasteiger partial charge on any atom is -0.480 e. The number of nitrogens with zero attached hydrogens (tertiary/aromatic N) is 1. The van der Waals surface area contributed by atoms with E-state index in [9.17, 15) is 13.2 Å². The van der Waals surface area contributed by atoms with E-state index in [1.165, 1.54) is 12.1 Å². The summed E-state index contributed by atoms with van der Waals surface area (Å²) in [6.07, 6.45) is 0. The Morgan fingerprint density at radius 3 is 2.30 bits per heavy atom. The maximum Gasteiger partial charge on any atom is 0.324 e. The Bertz CT molecular complexity index is 591. The molecule has 0 atom stereocenters. The van der Waals surface area contributed by atoms with Crippen molar-refractivity contribution in [2.24, 2.45) is 5.41 Å². The average Bonchev–Trinajstić information content (AvgIpc) is 2.23. The number of para-hydroxylation sites is 2. The molecule has 0 aliphatic rings. The lowest BCUT2D eigenvalue weighted by atomic mass is 10.0. The highest BCUT2D eigenvalue weighted by Gasteiger charge is 2.30. The number of nitrogen functional groups attached to an aromatic ring is 1. The predicted molar refractivity (Wildman–Crippen MR) is 79.1 cm³/mol. The number of carbonyl (C=O) groups is 1. The second-order valence-corrected chi connectivity index (χ2v) is 7.67. The van der Waals surface area contributed by atoms with Gasteiger partial charge in [0, 0.05) is 0 Å². The molecular formula is C13H20N2O4S. The number of hydrogen-bond acceptors (Lipinski definition) is 4. The monoisotopic (exact) mass is 300 g/mol. The van der Waals surface area contributed by atoms with Crippen molar-refractivity contribution < 1.29 is 18.3 Å². The zero-order valence-corrected chi connectivity index (χ0v) is 12.6. The number of sulfonamides is 1. The Labute approximate surface area is 119 Å². The predicted octanol–water partition coefficient (Wildman–Crippen LogP) is 1.54. The Kier molecular flexibility index (Phi) is 4.65. The third-order valence-corrected chi connectivity index (χ3v) is 4.66. The van der Waals surface area contributed by atoms with E-state index in [0.29, 0.717) is 0 Å². The van der Waals surface area contributed by atoms with Crippen molar-refractivity contribution in [3.8, 4) is 0 Å². The van der Waals surface area contributed by atoms with Crippen LogP contribution in [0.4, 0.5) is 11.4 Å². The number of carboxylic acid groups (broad SMARTS) is 1. The third-order valence-electron chi connectivity index (χ3n) is 2.44. The zero-order chi connectivity index (χ0) is 15.6. The van der Waals surface area contributed by atoms with Gasteiger partial charge in [-0.25, -0.2) is 8.42 Å². The van der Waals surface area contributed by atoms with E-state index in [-0.39, 0.29) is 17.1 Å². The molecule has 0 aromatic heterocycles. The summed E-state index contributed by atoms with van der Waals surface area (Å²) >= 11 is 0. The minimum absolute atomic E-state index is 0.165. The number of aliphatic carboxylic acids is 1. The van der Waals surface area contributed by atoms with E-state index in [0.717, 1.165) is 4.31 Å². The molecule has 6 nitrogen and oxygen atoms in total. The molecule has 1 rings (SSSR count). The molecular weight excluding hydrogens is 280 g/mol. The van der Waals surface area contributed by atoms with Gasteiger partial charge < -0.3 is 10.8 Å². The Hall–Kier alpha value is -1.76. The first-order valence-electron chi connectivity index (χ1n) is 6.10. The van der Waals surface area contributed by atoms with Crippen molar-refractivity contribution in [1.29, 1.82) is 0 Å². The average molecular weight is 300 g/mol. The summed E-state index contributed by atoms with van der Waals surface area (Å²) in [5.41, 5.74) is 5.69. The SMILES string of the molecule is CC(C)(C)CS(=O)(=O)N(CC(=O)O)c1ccccc1N. The van der Waals surface area contributed by atoms with Crippen LogP contribution in [0.15, 0.2) is 24.3 Å². The van der Waals surface area contributed by atoms with Gasteiger partial charge >= 0.3 is 5.97 Å². The van der Waals surface area contributed by atoms with Crippen molar-refractivity contribution >= 4 is 27.4 Å². The molecule has 1 aromatic rings. The summed E-state index contributed by atoms with van der Waals surface area (Å²) in [6.45, 7) is 4.68. The van der Waals surface area contributed by atoms with Gasteiger partial charge in [0.2, 0.25) is 10.0 Å². The lowest BCUT2D eigenvalue weighted by Gasteiger charge is -2.28. The van der Waals surface area contributed by atoms with E-state index in [1.807, 2.05) is 0 Å². The van der Waals surface area contributed by atoms with Crippen LogP contribution in [0.2, 0.25) is 0 Å². The summed E-state index contributed by atoms with van der Waals surface area (Å²) < 4.78 is 25.7. The van der Waals surface area contributed by atoms with Crippen molar-refractivity contribution in [2.75, 3.05) is 22.3 Å². The standard InChI is InChI=1S/C13H20N2O4S/c1-13(2,3)9-20(18,19)15(8-12(16)17)11-7-5-4-6-10(11)14/h4-7H,8-9,14H2,1-3H3,(H,16,17). The van der Waals surface area contributed by atoms with Gasteiger partial charge in [0.25, 0.3) is 0 Å². The molecule has 0 aliphatic heterocycles. The fraction of sp³-hybridized carbons (Fsp3) is 0.462. The fourth-order valence-electron chi connectivity index (χ4n) is 1.80. The number of hydrogen-bond donors (Lipinski definition) is 2. The van der Waals surface area contributed by atoms with Crippen LogP contribution in [0.25, 0.3) is 0 Å². The molecule has 0 heterocycles. The first-order chi connectivity index (χ1) is 9.03. The first kappa shape index (κ1) is 16.3. The molecule has 3 N–H and O–H groups in total. The highest BCUT2D eigenvalue weighted by Crippen LogP contribution is 2.28. The number of nitrogens with two attached hydrogens (primary N) is 1. The van der Waals surface area contributed by atoms with Gasteiger partial charge in [-0.15, -0.1) is 0 Å². The number of benzene rings is 1. The first-order valence-corrected chi connectivity index (χ1v) is 7.70. The van der Waals surface area contributed by atoms with E-state index in [1.54, 1.807) is 32.9 Å². The summed E-state index contributed by atoms with van der Waals surface area (Å²) in [6, 6.07) is 6.32. The smallest absolute Gasteiger partial charge is 0.324 e. The van der Waals surface area contributed by atoms with Crippen LogP contribution in [0.1, 0.15) is 20.8 Å². The topological polar surface area (TPSA) is 101 Å². The van der Waals surface area contributed by atoms with E-state index in [2.05, 4.69) is 0 Å². The maximum atomic E-state index is 12.4. The normalized spacial score (nSPS) is 12.2. The molecule has 0 saturated carbocycles. The summed E-state index contributed by atoms with van der Waals surface area (Å²) in [5.74, 6) is -1.40. The van der Waals surface area contributed by atoms with Crippen molar-refractivity contribution in [1.82, 2.24) is 0 Å². The summed E-state index contributed by atoms with van der Waals surface area (Å²) in [5, 5.41) is 8.95. The van der Waals surface area contributed by atoms with Crippen molar-refractivity contribution in [3.05, 3.63) is 24.3 Å². The van der Waals surface area contributed by atoms with Gasteiger partial charge in [0.05, 0.1) is 17.1 Å². The molecule has 112 valence electrons. The quantitative estimate of drug-likeness (QED) is 0.803. The highest BCUT2D eigenvalue weighted by atomic mass is 32.2. The summed E-state index contributed by atoms with van der Waals surface area (Å²) in [7, 11) is -3.78. The Balaban J connectivity index is 3.27. The van der Waals surface area contributed by atoms with Gasteiger partial charge in [-0.3, -0.25) is 9.10 Å². The molecule has 0 unspecified atom stereocenters. The molecule has 0 amide bonds. The maximum absolute atomic E-state index is 12.4. The molecule has 0 bridgehead atoms. The Morgan fingerprint density at radius 2 is 1.85 bits per heavy atom. The summed E-state index contributed by atoms with van der Waals surface area (Å²) in [4.78, 5) is 11.0. The van der Waals surface area contributed by atoms with Crippen LogP contribution in [0.5, 0.6) is 0 Å².